The first kappa shape index (κ1) is 18.2. The molecule has 0 saturated carbocycles. The molecule has 3 amide bonds. The number of carbonyl (C=O) groups excluding carboxylic acids is 3. The number of nitrogens with zero attached hydrogens (tertiary/aromatic N) is 2. The van der Waals surface area contributed by atoms with Gasteiger partial charge in [-0.3, -0.25) is 19.3 Å². The van der Waals surface area contributed by atoms with Gasteiger partial charge in [0.15, 0.2) is 0 Å². The summed E-state index contributed by atoms with van der Waals surface area (Å²) in [6.45, 7) is 3.07. The molecule has 0 bridgehead atoms. The standard InChI is InChI=1S/C21H21N3O4/c25-19(8-9-24-20(26)17-6-1-2-7-18(17)21(24)27)22-15-4-3-5-16(14-15)23-10-12-28-13-11-23/h1-7,14H,8-13H2,(H,22,25). The van der Waals surface area contributed by atoms with Gasteiger partial charge >= 0.3 is 0 Å². The van der Waals surface area contributed by atoms with E-state index in [1.54, 1.807) is 24.3 Å². The van der Waals surface area contributed by atoms with Crippen molar-refractivity contribution in [3.05, 3.63) is 59.7 Å². The van der Waals surface area contributed by atoms with Crippen LogP contribution in [0.1, 0.15) is 27.1 Å². The van der Waals surface area contributed by atoms with Gasteiger partial charge in [-0.05, 0) is 30.3 Å². The van der Waals surface area contributed by atoms with Crippen LogP contribution in [-0.2, 0) is 9.53 Å². The summed E-state index contributed by atoms with van der Waals surface area (Å²) in [5.41, 5.74) is 2.51. The highest BCUT2D eigenvalue weighted by Crippen LogP contribution is 2.23. The van der Waals surface area contributed by atoms with Gasteiger partial charge in [-0.2, -0.15) is 0 Å². The number of imide groups is 1. The van der Waals surface area contributed by atoms with E-state index in [9.17, 15) is 14.4 Å². The van der Waals surface area contributed by atoms with Gasteiger partial charge in [-0.25, -0.2) is 0 Å². The van der Waals surface area contributed by atoms with E-state index in [1.165, 1.54) is 0 Å². The number of morpholine rings is 1. The van der Waals surface area contributed by atoms with Crippen LogP contribution >= 0.6 is 0 Å². The molecule has 2 heterocycles. The number of nitrogens with one attached hydrogen (secondary N) is 1. The molecule has 28 heavy (non-hydrogen) atoms. The number of anilines is 2. The summed E-state index contributed by atoms with van der Waals surface area (Å²) in [5, 5.41) is 2.85. The molecule has 4 rings (SSSR count). The van der Waals surface area contributed by atoms with Crippen LogP contribution in [0, 0.1) is 0 Å². The quantitative estimate of drug-likeness (QED) is 0.806. The van der Waals surface area contributed by atoms with Crippen molar-refractivity contribution in [2.75, 3.05) is 43.1 Å². The van der Waals surface area contributed by atoms with E-state index in [2.05, 4.69) is 10.2 Å². The molecule has 144 valence electrons. The lowest BCUT2D eigenvalue weighted by atomic mass is 10.1. The summed E-state index contributed by atoms with van der Waals surface area (Å²) in [4.78, 5) is 40.4. The van der Waals surface area contributed by atoms with Crippen molar-refractivity contribution >= 4 is 29.1 Å². The molecular formula is C21H21N3O4. The van der Waals surface area contributed by atoms with Gasteiger partial charge in [-0.15, -0.1) is 0 Å². The number of rotatable bonds is 5. The lowest BCUT2D eigenvalue weighted by Gasteiger charge is -2.29. The average molecular weight is 379 g/mol. The maximum atomic E-state index is 12.4. The minimum absolute atomic E-state index is 0.0489. The third-order valence-corrected chi connectivity index (χ3v) is 4.95. The van der Waals surface area contributed by atoms with E-state index in [-0.39, 0.29) is 30.7 Å². The van der Waals surface area contributed by atoms with E-state index in [0.717, 1.165) is 23.7 Å². The Hall–Kier alpha value is -3.19. The normalized spacial score (nSPS) is 16.3. The molecule has 0 atom stereocenters. The van der Waals surface area contributed by atoms with Gasteiger partial charge in [0, 0.05) is 37.4 Å². The first-order valence-corrected chi connectivity index (χ1v) is 9.31. The Labute approximate surface area is 162 Å². The topological polar surface area (TPSA) is 79.0 Å². The molecule has 0 unspecified atom stereocenters. The smallest absolute Gasteiger partial charge is 0.261 e. The molecule has 0 aromatic heterocycles. The van der Waals surface area contributed by atoms with E-state index in [0.29, 0.717) is 30.0 Å². The molecule has 2 aromatic carbocycles. The summed E-state index contributed by atoms with van der Waals surface area (Å²) in [6, 6.07) is 14.3. The predicted octanol–water partition coefficient (Wildman–Crippen LogP) is 2.15. The fraction of sp³-hybridized carbons (Fsp3) is 0.286. The van der Waals surface area contributed by atoms with E-state index in [4.69, 9.17) is 4.74 Å². The molecule has 1 fully saturated rings. The minimum atomic E-state index is -0.345. The number of hydrogen-bond acceptors (Lipinski definition) is 5. The molecular weight excluding hydrogens is 358 g/mol. The number of benzene rings is 2. The molecule has 0 aliphatic carbocycles. The largest absolute Gasteiger partial charge is 0.378 e. The Morgan fingerprint density at radius 3 is 2.32 bits per heavy atom. The van der Waals surface area contributed by atoms with Crippen molar-refractivity contribution in [1.29, 1.82) is 0 Å². The Kier molecular flexibility index (Phi) is 5.08. The Morgan fingerprint density at radius 1 is 0.964 bits per heavy atom. The summed E-state index contributed by atoms with van der Waals surface area (Å²) in [7, 11) is 0. The highest BCUT2D eigenvalue weighted by Gasteiger charge is 2.34. The maximum Gasteiger partial charge on any atom is 0.261 e. The van der Waals surface area contributed by atoms with Gasteiger partial charge in [-0.1, -0.05) is 18.2 Å². The number of fused-ring (bicyclic) bond motifs is 1. The van der Waals surface area contributed by atoms with Crippen LogP contribution in [0.5, 0.6) is 0 Å². The third kappa shape index (κ3) is 3.61. The molecule has 1 saturated heterocycles. The monoisotopic (exact) mass is 379 g/mol. The molecule has 0 spiro atoms. The lowest BCUT2D eigenvalue weighted by molar-refractivity contribution is -0.116. The summed E-state index contributed by atoms with van der Waals surface area (Å²) < 4.78 is 5.37. The van der Waals surface area contributed by atoms with Gasteiger partial charge in [0.05, 0.1) is 24.3 Å². The van der Waals surface area contributed by atoms with Crippen molar-refractivity contribution in [1.82, 2.24) is 4.90 Å². The first-order valence-electron chi connectivity index (χ1n) is 9.31. The zero-order valence-corrected chi connectivity index (χ0v) is 15.4. The maximum absolute atomic E-state index is 12.4. The van der Waals surface area contributed by atoms with Crippen molar-refractivity contribution in [2.45, 2.75) is 6.42 Å². The van der Waals surface area contributed by atoms with Crippen molar-refractivity contribution in [2.24, 2.45) is 0 Å². The fourth-order valence-corrected chi connectivity index (χ4v) is 3.48. The average Bonchev–Trinajstić information content (AvgIpc) is 2.98. The second kappa shape index (κ2) is 7.82. The molecule has 7 nitrogen and oxygen atoms in total. The van der Waals surface area contributed by atoms with Crippen LogP contribution in [-0.4, -0.2) is 55.5 Å². The highest BCUT2D eigenvalue weighted by atomic mass is 16.5. The van der Waals surface area contributed by atoms with Crippen molar-refractivity contribution in [3.8, 4) is 0 Å². The van der Waals surface area contributed by atoms with Gasteiger partial charge in [0.1, 0.15) is 0 Å². The van der Waals surface area contributed by atoms with Crippen LogP contribution in [0.15, 0.2) is 48.5 Å². The molecule has 2 aromatic rings. The second-order valence-corrected chi connectivity index (χ2v) is 6.76. The number of hydrogen-bond donors (Lipinski definition) is 1. The van der Waals surface area contributed by atoms with Crippen LogP contribution < -0.4 is 10.2 Å². The van der Waals surface area contributed by atoms with Gasteiger partial charge in [0.25, 0.3) is 11.8 Å². The molecule has 7 heteroatoms. The van der Waals surface area contributed by atoms with E-state index < -0.39 is 0 Å². The molecule has 2 aliphatic rings. The van der Waals surface area contributed by atoms with E-state index >= 15 is 0 Å². The summed E-state index contributed by atoms with van der Waals surface area (Å²) in [5.74, 6) is -0.930. The number of amides is 3. The second-order valence-electron chi connectivity index (χ2n) is 6.76. The Morgan fingerprint density at radius 2 is 1.64 bits per heavy atom. The van der Waals surface area contributed by atoms with Crippen LogP contribution in [0.3, 0.4) is 0 Å². The zero-order valence-electron chi connectivity index (χ0n) is 15.4. The van der Waals surface area contributed by atoms with E-state index in [1.807, 2.05) is 24.3 Å². The predicted molar refractivity (Wildman–Crippen MR) is 105 cm³/mol. The first-order chi connectivity index (χ1) is 13.6. The number of ether oxygens (including phenoxy) is 1. The minimum Gasteiger partial charge on any atom is -0.378 e. The van der Waals surface area contributed by atoms with Crippen LogP contribution in [0.2, 0.25) is 0 Å². The summed E-state index contributed by atoms with van der Waals surface area (Å²) in [6.07, 6.45) is 0.0489. The van der Waals surface area contributed by atoms with Crippen molar-refractivity contribution < 1.29 is 19.1 Å². The molecule has 1 N–H and O–H groups in total. The SMILES string of the molecule is O=C(CCN1C(=O)c2ccccc2C1=O)Nc1cccc(N2CCOCC2)c1. The number of carbonyl (C=O) groups is 3. The Bertz CT molecular complexity index is 886. The third-order valence-electron chi connectivity index (χ3n) is 4.95. The van der Waals surface area contributed by atoms with Gasteiger partial charge in [0.2, 0.25) is 5.91 Å². The van der Waals surface area contributed by atoms with Gasteiger partial charge < -0.3 is 15.0 Å². The van der Waals surface area contributed by atoms with Crippen molar-refractivity contribution in [3.63, 3.8) is 0 Å². The lowest BCUT2D eigenvalue weighted by Crippen LogP contribution is -2.36. The fourth-order valence-electron chi connectivity index (χ4n) is 3.48. The Balaban J connectivity index is 1.35. The summed E-state index contributed by atoms with van der Waals surface area (Å²) >= 11 is 0. The van der Waals surface area contributed by atoms with Crippen LogP contribution in [0.25, 0.3) is 0 Å². The molecule has 2 aliphatic heterocycles. The highest BCUT2D eigenvalue weighted by molar-refractivity contribution is 6.21. The van der Waals surface area contributed by atoms with Crippen LogP contribution in [0.4, 0.5) is 11.4 Å². The molecule has 0 radical (unpaired) electrons. The zero-order chi connectivity index (χ0) is 19.5.